The van der Waals surface area contributed by atoms with Crippen LogP contribution in [-0.2, 0) is 20.8 Å². The third-order valence-corrected chi connectivity index (χ3v) is 2.74. The Hall–Kier alpha value is -1.44. The summed E-state index contributed by atoms with van der Waals surface area (Å²) in [6, 6.07) is -0.103. The normalized spacial score (nSPS) is 12.3. The van der Waals surface area contributed by atoms with Crippen molar-refractivity contribution in [2.75, 3.05) is 33.5 Å². The number of carbonyl (C=O) groups excluding carboxylic acids is 1. The third kappa shape index (κ3) is 7.88. The lowest BCUT2D eigenvalue weighted by atomic mass is 10.2. The van der Waals surface area contributed by atoms with Gasteiger partial charge in [0.25, 0.3) is 0 Å². The molecule has 1 aromatic heterocycles. The molecule has 1 unspecified atom stereocenters. The first-order chi connectivity index (χ1) is 9.72. The van der Waals surface area contributed by atoms with E-state index in [1.165, 1.54) is 0 Å². The molecule has 3 N–H and O–H groups in total. The quantitative estimate of drug-likeness (QED) is 0.548. The Morgan fingerprint density at radius 3 is 3.00 bits per heavy atom. The van der Waals surface area contributed by atoms with Crippen LogP contribution in [0.4, 0.5) is 0 Å². The molecular weight excluding hydrogens is 260 g/mol. The van der Waals surface area contributed by atoms with E-state index in [-0.39, 0.29) is 18.6 Å². The van der Waals surface area contributed by atoms with Crippen molar-refractivity contribution in [2.45, 2.75) is 25.4 Å². The van der Waals surface area contributed by atoms with Gasteiger partial charge in [-0.15, -0.1) is 0 Å². The maximum Gasteiger partial charge on any atom is 0.245 e. The predicted molar refractivity (Wildman–Crippen MR) is 75.1 cm³/mol. The van der Waals surface area contributed by atoms with Gasteiger partial charge in [-0.2, -0.15) is 0 Å². The number of nitrogens with zero attached hydrogens (tertiary/aromatic N) is 2. The average Bonchev–Trinajstić information content (AvgIpc) is 2.95. The molecule has 0 bridgehead atoms. The first-order valence-electron chi connectivity index (χ1n) is 6.79. The van der Waals surface area contributed by atoms with Gasteiger partial charge in [0, 0.05) is 45.2 Å². The van der Waals surface area contributed by atoms with E-state index < -0.39 is 0 Å². The van der Waals surface area contributed by atoms with Crippen LogP contribution in [0.3, 0.4) is 0 Å². The minimum absolute atomic E-state index is 0.0516. The van der Waals surface area contributed by atoms with Crippen molar-refractivity contribution in [3.63, 3.8) is 0 Å². The van der Waals surface area contributed by atoms with Crippen molar-refractivity contribution in [3.8, 4) is 0 Å². The first-order valence-corrected chi connectivity index (χ1v) is 6.79. The average molecular weight is 284 g/mol. The molecule has 1 amide bonds. The Morgan fingerprint density at radius 1 is 1.45 bits per heavy atom. The number of hydrogen-bond acceptors (Lipinski definition) is 5. The van der Waals surface area contributed by atoms with Gasteiger partial charge in [-0.25, -0.2) is 4.98 Å². The van der Waals surface area contributed by atoms with Gasteiger partial charge in [-0.3, -0.25) is 4.79 Å². The fraction of sp³-hybridized carbons (Fsp3) is 0.692. The number of hydrogen-bond donors (Lipinski definition) is 2. The zero-order valence-electron chi connectivity index (χ0n) is 12.0. The van der Waals surface area contributed by atoms with Crippen molar-refractivity contribution in [3.05, 3.63) is 18.7 Å². The molecule has 114 valence electrons. The van der Waals surface area contributed by atoms with E-state index in [0.717, 1.165) is 19.4 Å². The lowest BCUT2D eigenvalue weighted by molar-refractivity contribution is -0.125. The molecule has 1 aromatic rings. The van der Waals surface area contributed by atoms with Crippen LogP contribution in [0, 0.1) is 0 Å². The molecule has 0 aliphatic rings. The van der Waals surface area contributed by atoms with Gasteiger partial charge in [0.1, 0.15) is 6.61 Å². The fourth-order valence-corrected chi connectivity index (χ4v) is 1.56. The van der Waals surface area contributed by atoms with Crippen molar-refractivity contribution < 1.29 is 14.3 Å². The van der Waals surface area contributed by atoms with E-state index in [0.29, 0.717) is 19.8 Å². The molecule has 1 heterocycles. The number of aryl methyl sites for hydroxylation is 1. The highest BCUT2D eigenvalue weighted by Gasteiger charge is 2.04. The summed E-state index contributed by atoms with van der Waals surface area (Å²) >= 11 is 0. The number of aromatic nitrogens is 2. The molecule has 0 fully saturated rings. The van der Waals surface area contributed by atoms with Gasteiger partial charge in [-0.05, 0) is 12.8 Å². The Bertz CT molecular complexity index is 357. The van der Waals surface area contributed by atoms with Gasteiger partial charge in [-0.1, -0.05) is 0 Å². The molecule has 1 atom stereocenters. The maximum atomic E-state index is 10.9. The van der Waals surface area contributed by atoms with E-state index >= 15 is 0 Å². The number of rotatable bonds is 11. The monoisotopic (exact) mass is 284 g/mol. The molecule has 7 nitrogen and oxygen atoms in total. The van der Waals surface area contributed by atoms with E-state index in [9.17, 15) is 4.79 Å². The van der Waals surface area contributed by atoms with Crippen LogP contribution in [-0.4, -0.2) is 55.0 Å². The number of nitrogens with one attached hydrogen (secondary N) is 1. The largest absolute Gasteiger partial charge is 0.381 e. The molecule has 0 radical (unpaired) electrons. The number of amides is 1. The Morgan fingerprint density at radius 2 is 2.30 bits per heavy atom. The van der Waals surface area contributed by atoms with E-state index in [4.69, 9.17) is 15.2 Å². The molecule has 7 heteroatoms. The summed E-state index contributed by atoms with van der Waals surface area (Å²) in [7, 11) is 1.57. The fourth-order valence-electron chi connectivity index (χ4n) is 1.56. The number of nitrogens with two attached hydrogens (primary N) is 1. The van der Waals surface area contributed by atoms with Crippen LogP contribution in [0.1, 0.15) is 12.8 Å². The topological polar surface area (TPSA) is 91.4 Å². The van der Waals surface area contributed by atoms with Crippen molar-refractivity contribution in [1.82, 2.24) is 14.9 Å². The zero-order valence-corrected chi connectivity index (χ0v) is 12.0. The molecule has 0 saturated carbocycles. The summed E-state index contributed by atoms with van der Waals surface area (Å²) in [4.78, 5) is 14.9. The van der Waals surface area contributed by atoms with E-state index in [1.54, 1.807) is 19.6 Å². The number of ether oxygens (including phenoxy) is 2. The second-order valence-electron chi connectivity index (χ2n) is 4.50. The second kappa shape index (κ2) is 10.4. The van der Waals surface area contributed by atoms with Crippen molar-refractivity contribution in [1.29, 1.82) is 0 Å². The van der Waals surface area contributed by atoms with Gasteiger partial charge in [0.05, 0.1) is 12.9 Å². The lowest BCUT2D eigenvalue weighted by Crippen LogP contribution is -2.31. The molecular formula is C13H24N4O3. The minimum atomic E-state index is -0.145. The summed E-state index contributed by atoms with van der Waals surface area (Å²) in [5, 5.41) is 2.48. The van der Waals surface area contributed by atoms with Crippen LogP contribution in [0.15, 0.2) is 18.7 Å². The van der Waals surface area contributed by atoms with Crippen LogP contribution >= 0.6 is 0 Å². The highest BCUT2D eigenvalue weighted by atomic mass is 16.5. The van der Waals surface area contributed by atoms with Crippen LogP contribution in [0.25, 0.3) is 0 Å². The van der Waals surface area contributed by atoms with Crippen molar-refractivity contribution in [2.24, 2.45) is 5.73 Å². The van der Waals surface area contributed by atoms with Gasteiger partial charge in [0.2, 0.25) is 5.91 Å². The highest BCUT2D eigenvalue weighted by molar-refractivity contribution is 5.76. The summed E-state index contributed by atoms with van der Waals surface area (Å²) < 4.78 is 12.7. The highest BCUT2D eigenvalue weighted by Crippen LogP contribution is 1.95. The molecule has 0 aliphatic heterocycles. The van der Waals surface area contributed by atoms with Gasteiger partial charge >= 0.3 is 0 Å². The zero-order chi connectivity index (χ0) is 14.6. The molecule has 0 spiro atoms. The molecule has 1 rings (SSSR count). The SMILES string of the molecule is CNC(=O)COCC(N)CCOCCCn1ccnc1. The molecule has 0 aliphatic carbocycles. The van der Waals surface area contributed by atoms with E-state index in [1.807, 2.05) is 10.8 Å². The van der Waals surface area contributed by atoms with Crippen LogP contribution in [0.5, 0.6) is 0 Å². The van der Waals surface area contributed by atoms with Crippen LogP contribution < -0.4 is 11.1 Å². The standard InChI is InChI=1S/C13H24N4O3/c1-15-13(18)10-20-9-12(14)3-8-19-7-2-5-17-6-4-16-11-17/h4,6,11-12H,2-3,5,7-10,14H2,1H3,(H,15,18). The van der Waals surface area contributed by atoms with Gasteiger partial charge in [0.15, 0.2) is 0 Å². The van der Waals surface area contributed by atoms with E-state index in [2.05, 4.69) is 10.3 Å². The number of carbonyl (C=O) groups is 1. The molecule has 0 saturated heterocycles. The minimum Gasteiger partial charge on any atom is -0.381 e. The van der Waals surface area contributed by atoms with Crippen LogP contribution in [0.2, 0.25) is 0 Å². The maximum absolute atomic E-state index is 10.9. The lowest BCUT2D eigenvalue weighted by Gasteiger charge is -2.12. The second-order valence-corrected chi connectivity index (χ2v) is 4.50. The summed E-state index contributed by atoms with van der Waals surface area (Å²) in [6.45, 7) is 2.63. The van der Waals surface area contributed by atoms with Crippen molar-refractivity contribution >= 4 is 5.91 Å². The Balaban J connectivity index is 1.88. The molecule has 20 heavy (non-hydrogen) atoms. The summed E-state index contributed by atoms with van der Waals surface area (Å²) in [5.41, 5.74) is 5.84. The number of imidazole rings is 1. The summed E-state index contributed by atoms with van der Waals surface area (Å²) in [5.74, 6) is -0.145. The Labute approximate surface area is 119 Å². The first kappa shape index (κ1) is 16.6. The predicted octanol–water partition coefficient (Wildman–Crippen LogP) is -0.230. The summed E-state index contributed by atoms with van der Waals surface area (Å²) in [6.07, 6.45) is 7.15. The number of likely N-dealkylation sites (N-methyl/N-ethyl adjacent to an activating group) is 1. The Kier molecular flexibility index (Phi) is 8.61. The smallest absolute Gasteiger partial charge is 0.245 e. The van der Waals surface area contributed by atoms with Gasteiger partial charge < -0.3 is 25.1 Å². The molecule has 0 aromatic carbocycles. The third-order valence-electron chi connectivity index (χ3n) is 2.74.